The minimum absolute atomic E-state index is 0.102. The highest BCUT2D eigenvalue weighted by atomic mass is 32.2. The summed E-state index contributed by atoms with van der Waals surface area (Å²) in [6.07, 6.45) is 2.02. The maximum absolute atomic E-state index is 12.2. The van der Waals surface area contributed by atoms with E-state index in [1.54, 1.807) is 13.1 Å². The maximum atomic E-state index is 12.2. The first-order valence-corrected chi connectivity index (χ1v) is 7.17. The Morgan fingerprint density at radius 3 is 2.68 bits per heavy atom. The fourth-order valence-electron chi connectivity index (χ4n) is 1.63. The first kappa shape index (κ1) is 13.3. The van der Waals surface area contributed by atoms with Gasteiger partial charge in [0.05, 0.1) is 4.90 Å². The lowest BCUT2D eigenvalue weighted by molar-refractivity contribution is 0.600. The van der Waals surface area contributed by atoms with Crippen LogP contribution in [0.2, 0.25) is 0 Å². The van der Waals surface area contributed by atoms with Crippen LogP contribution in [-0.2, 0) is 23.5 Å². The zero-order chi connectivity index (χ0) is 14.0. The Kier molecular flexibility index (Phi) is 3.43. The van der Waals surface area contributed by atoms with Gasteiger partial charge in [-0.1, -0.05) is 13.0 Å². The number of hydrogen-bond donors (Lipinski definition) is 2. The molecule has 0 unspecified atom stereocenters. The molecular weight excluding hydrogens is 266 g/mol. The number of hydrogen-bond acceptors (Lipinski definition) is 5. The van der Waals surface area contributed by atoms with Gasteiger partial charge in [0.25, 0.3) is 10.0 Å². The summed E-state index contributed by atoms with van der Waals surface area (Å²) in [6.45, 7) is 1.96. The molecule has 0 amide bonds. The van der Waals surface area contributed by atoms with Gasteiger partial charge in [-0.05, 0) is 24.1 Å². The summed E-state index contributed by atoms with van der Waals surface area (Å²) < 4.78 is 28.0. The van der Waals surface area contributed by atoms with Crippen LogP contribution in [0.3, 0.4) is 0 Å². The van der Waals surface area contributed by atoms with Crippen LogP contribution in [0.25, 0.3) is 0 Å². The third-order valence-electron chi connectivity index (χ3n) is 2.75. The lowest BCUT2D eigenvalue weighted by atomic mass is 10.1. The Balaban J connectivity index is 2.35. The molecule has 0 radical (unpaired) electrons. The van der Waals surface area contributed by atoms with E-state index in [1.807, 2.05) is 6.92 Å². The van der Waals surface area contributed by atoms with Crippen LogP contribution in [0.4, 0.5) is 11.6 Å². The number of rotatable bonds is 4. The van der Waals surface area contributed by atoms with Crippen molar-refractivity contribution < 1.29 is 8.42 Å². The highest BCUT2D eigenvalue weighted by molar-refractivity contribution is 7.92. The topological polar surface area (TPSA) is 103 Å². The van der Waals surface area contributed by atoms with Gasteiger partial charge in [0.15, 0.2) is 0 Å². The Morgan fingerprint density at radius 1 is 1.42 bits per heavy atom. The molecule has 2 rings (SSSR count). The highest BCUT2D eigenvalue weighted by Gasteiger charge is 2.17. The van der Waals surface area contributed by atoms with Gasteiger partial charge in [-0.2, -0.15) is 10.1 Å². The van der Waals surface area contributed by atoms with Crippen LogP contribution >= 0.6 is 0 Å². The summed E-state index contributed by atoms with van der Waals surface area (Å²) in [5.41, 5.74) is 7.18. The molecule has 0 bridgehead atoms. The normalized spacial score (nSPS) is 11.5. The fraction of sp³-hybridized carbons (Fsp3) is 0.273. The van der Waals surface area contributed by atoms with Crippen molar-refractivity contribution in [2.45, 2.75) is 18.2 Å². The SMILES string of the molecule is CCc1ccc(S(=O)(=O)Nc2ncnn2C)cc1N. The van der Waals surface area contributed by atoms with Gasteiger partial charge in [0, 0.05) is 12.7 Å². The summed E-state index contributed by atoms with van der Waals surface area (Å²) in [5.74, 6) is 0.151. The third-order valence-corrected chi connectivity index (χ3v) is 4.07. The second-order valence-electron chi connectivity index (χ2n) is 4.03. The molecule has 0 aliphatic heterocycles. The van der Waals surface area contributed by atoms with Crippen molar-refractivity contribution in [1.82, 2.24) is 14.8 Å². The molecule has 8 heteroatoms. The van der Waals surface area contributed by atoms with Gasteiger partial charge in [-0.3, -0.25) is 0 Å². The van der Waals surface area contributed by atoms with Gasteiger partial charge < -0.3 is 5.73 Å². The average molecular weight is 281 g/mol. The third kappa shape index (κ3) is 2.68. The Bertz CT molecular complexity index is 693. The van der Waals surface area contributed by atoms with E-state index in [-0.39, 0.29) is 10.8 Å². The summed E-state index contributed by atoms with van der Waals surface area (Å²) in [7, 11) is -2.11. The number of nitrogens with zero attached hydrogens (tertiary/aromatic N) is 3. The van der Waals surface area contributed by atoms with Crippen molar-refractivity contribution in [1.29, 1.82) is 0 Å². The van der Waals surface area contributed by atoms with E-state index in [9.17, 15) is 8.42 Å². The van der Waals surface area contributed by atoms with Crippen LogP contribution < -0.4 is 10.5 Å². The summed E-state index contributed by atoms with van der Waals surface area (Å²) in [5, 5.41) is 3.79. The quantitative estimate of drug-likeness (QED) is 0.805. The summed E-state index contributed by atoms with van der Waals surface area (Å²) in [4.78, 5) is 3.91. The number of aryl methyl sites for hydroxylation is 2. The number of sulfonamides is 1. The van der Waals surface area contributed by atoms with Crippen molar-refractivity contribution in [2.75, 3.05) is 10.5 Å². The number of nitrogens with one attached hydrogen (secondary N) is 1. The summed E-state index contributed by atoms with van der Waals surface area (Å²) in [6, 6.07) is 4.67. The predicted molar refractivity (Wildman–Crippen MR) is 72.0 cm³/mol. The lowest BCUT2D eigenvalue weighted by Gasteiger charge is -2.09. The minimum Gasteiger partial charge on any atom is -0.398 e. The van der Waals surface area contributed by atoms with Crippen molar-refractivity contribution in [3.63, 3.8) is 0 Å². The Morgan fingerprint density at radius 2 is 2.16 bits per heavy atom. The van der Waals surface area contributed by atoms with E-state index in [2.05, 4.69) is 14.8 Å². The van der Waals surface area contributed by atoms with E-state index < -0.39 is 10.0 Å². The molecule has 3 N–H and O–H groups in total. The predicted octanol–water partition coefficient (Wildman–Crippen LogP) is 0.761. The zero-order valence-electron chi connectivity index (χ0n) is 10.7. The van der Waals surface area contributed by atoms with Gasteiger partial charge in [0.1, 0.15) is 6.33 Å². The number of benzene rings is 1. The monoisotopic (exact) mass is 281 g/mol. The molecule has 0 saturated carbocycles. The minimum atomic E-state index is -3.71. The van der Waals surface area contributed by atoms with E-state index >= 15 is 0 Å². The second-order valence-corrected chi connectivity index (χ2v) is 5.71. The number of nitrogen functional groups attached to an aromatic ring is 1. The first-order chi connectivity index (χ1) is 8.94. The molecule has 102 valence electrons. The fourth-order valence-corrected chi connectivity index (χ4v) is 2.70. The smallest absolute Gasteiger partial charge is 0.264 e. The molecule has 0 fully saturated rings. The standard InChI is InChI=1S/C11H15N5O2S/c1-3-8-4-5-9(6-10(8)12)19(17,18)15-11-13-7-14-16(11)2/h4-7H,3,12H2,1-2H3,(H,13,14,15). The van der Waals surface area contributed by atoms with Crippen LogP contribution in [-0.4, -0.2) is 23.2 Å². The molecule has 2 aromatic rings. The first-order valence-electron chi connectivity index (χ1n) is 5.69. The van der Waals surface area contributed by atoms with Gasteiger partial charge in [-0.25, -0.2) is 17.8 Å². The Hall–Kier alpha value is -2.09. The zero-order valence-corrected chi connectivity index (χ0v) is 11.5. The molecule has 0 atom stereocenters. The molecule has 7 nitrogen and oxygen atoms in total. The molecule has 0 saturated heterocycles. The van der Waals surface area contributed by atoms with E-state index in [0.29, 0.717) is 5.69 Å². The van der Waals surface area contributed by atoms with Crippen molar-refractivity contribution >= 4 is 21.7 Å². The molecule has 1 heterocycles. The molecule has 19 heavy (non-hydrogen) atoms. The molecule has 0 aliphatic carbocycles. The van der Waals surface area contributed by atoms with Crippen LogP contribution in [0.1, 0.15) is 12.5 Å². The average Bonchev–Trinajstić information content (AvgIpc) is 2.74. The molecule has 1 aromatic carbocycles. The van der Waals surface area contributed by atoms with Crippen molar-refractivity contribution in [2.24, 2.45) is 7.05 Å². The molecular formula is C11H15N5O2S. The van der Waals surface area contributed by atoms with Gasteiger partial charge in [0.2, 0.25) is 5.95 Å². The van der Waals surface area contributed by atoms with Crippen LogP contribution in [0.5, 0.6) is 0 Å². The van der Waals surface area contributed by atoms with Crippen LogP contribution in [0.15, 0.2) is 29.4 Å². The van der Waals surface area contributed by atoms with E-state index in [1.165, 1.54) is 23.1 Å². The van der Waals surface area contributed by atoms with E-state index in [0.717, 1.165) is 12.0 Å². The number of aromatic nitrogens is 3. The maximum Gasteiger partial charge on any atom is 0.264 e. The molecule has 0 aliphatic rings. The van der Waals surface area contributed by atoms with Gasteiger partial charge in [-0.15, -0.1) is 0 Å². The highest BCUT2D eigenvalue weighted by Crippen LogP contribution is 2.20. The van der Waals surface area contributed by atoms with Crippen LogP contribution in [0, 0.1) is 0 Å². The van der Waals surface area contributed by atoms with Gasteiger partial charge >= 0.3 is 0 Å². The largest absolute Gasteiger partial charge is 0.398 e. The molecule has 0 spiro atoms. The second kappa shape index (κ2) is 4.88. The molecule has 1 aromatic heterocycles. The van der Waals surface area contributed by atoms with Crippen molar-refractivity contribution in [3.05, 3.63) is 30.1 Å². The number of anilines is 2. The number of nitrogens with two attached hydrogens (primary N) is 1. The Labute approximate surface area is 111 Å². The lowest BCUT2D eigenvalue weighted by Crippen LogP contribution is -2.16. The van der Waals surface area contributed by atoms with Crippen molar-refractivity contribution in [3.8, 4) is 0 Å². The summed E-state index contributed by atoms with van der Waals surface area (Å²) >= 11 is 0. The van der Waals surface area contributed by atoms with E-state index in [4.69, 9.17) is 5.73 Å².